The van der Waals surface area contributed by atoms with Gasteiger partial charge in [-0.3, -0.25) is 10.8 Å². The van der Waals surface area contributed by atoms with Crippen molar-refractivity contribution in [2.24, 2.45) is 5.84 Å². The SMILES string of the molecule is COCC(C)OCc1cc(NN)ccn1. The predicted molar refractivity (Wildman–Crippen MR) is 58.2 cm³/mol. The quantitative estimate of drug-likeness (QED) is 0.541. The second-order valence-electron chi connectivity index (χ2n) is 3.26. The van der Waals surface area contributed by atoms with E-state index in [9.17, 15) is 0 Å². The minimum atomic E-state index is 0.0614. The molecule has 5 nitrogen and oxygen atoms in total. The van der Waals surface area contributed by atoms with Crippen molar-refractivity contribution < 1.29 is 9.47 Å². The lowest BCUT2D eigenvalue weighted by Gasteiger charge is -2.11. The number of aromatic nitrogens is 1. The lowest BCUT2D eigenvalue weighted by Crippen LogP contribution is -2.15. The number of ether oxygens (including phenoxy) is 2. The van der Waals surface area contributed by atoms with Gasteiger partial charge in [-0.15, -0.1) is 0 Å². The average molecular weight is 211 g/mol. The largest absolute Gasteiger partial charge is 0.382 e. The van der Waals surface area contributed by atoms with Gasteiger partial charge in [-0.2, -0.15) is 0 Å². The Morgan fingerprint density at radius 2 is 2.40 bits per heavy atom. The first-order valence-corrected chi connectivity index (χ1v) is 4.78. The fourth-order valence-electron chi connectivity index (χ4n) is 1.16. The number of methoxy groups -OCH3 is 1. The lowest BCUT2D eigenvalue weighted by molar-refractivity contribution is -0.00135. The van der Waals surface area contributed by atoms with Crippen LogP contribution in [-0.2, 0) is 16.1 Å². The van der Waals surface area contributed by atoms with Gasteiger partial charge in [0.15, 0.2) is 0 Å². The van der Waals surface area contributed by atoms with E-state index in [0.29, 0.717) is 13.2 Å². The molecule has 1 heterocycles. The minimum absolute atomic E-state index is 0.0614. The zero-order chi connectivity index (χ0) is 11.1. The van der Waals surface area contributed by atoms with E-state index in [1.54, 1.807) is 19.4 Å². The van der Waals surface area contributed by atoms with E-state index < -0.39 is 0 Å². The molecule has 0 fully saturated rings. The van der Waals surface area contributed by atoms with E-state index in [-0.39, 0.29) is 6.10 Å². The standard InChI is InChI=1S/C10H17N3O2/c1-8(6-14-2)15-7-10-5-9(13-11)3-4-12-10/h3-5,8H,6-7,11H2,1-2H3,(H,12,13). The van der Waals surface area contributed by atoms with Crippen LogP contribution in [0.1, 0.15) is 12.6 Å². The van der Waals surface area contributed by atoms with Crippen LogP contribution in [0.3, 0.4) is 0 Å². The van der Waals surface area contributed by atoms with E-state index in [1.807, 2.05) is 13.0 Å². The molecule has 0 aliphatic rings. The number of pyridine rings is 1. The molecule has 1 aromatic rings. The van der Waals surface area contributed by atoms with Crippen LogP contribution in [0.2, 0.25) is 0 Å². The van der Waals surface area contributed by atoms with Crippen LogP contribution >= 0.6 is 0 Å². The van der Waals surface area contributed by atoms with Crippen molar-refractivity contribution >= 4 is 5.69 Å². The Labute approximate surface area is 89.6 Å². The molecule has 0 aliphatic heterocycles. The van der Waals surface area contributed by atoms with Gasteiger partial charge in [0.25, 0.3) is 0 Å². The number of hydrazine groups is 1. The molecule has 84 valence electrons. The van der Waals surface area contributed by atoms with E-state index in [0.717, 1.165) is 11.4 Å². The van der Waals surface area contributed by atoms with Crippen LogP contribution < -0.4 is 11.3 Å². The average Bonchev–Trinajstić information content (AvgIpc) is 2.27. The number of rotatable bonds is 6. The summed E-state index contributed by atoms with van der Waals surface area (Å²) in [6.45, 7) is 2.99. The summed E-state index contributed by atoms with van der Waals surface area (Å²) in [4.78, 5) is 4.16. The Balaban J connectivity index is 2.43. The number of nitrogens with one attached hydrogen (secondary N) is 1. The Morgan fingerprint density at radius 3 is 3.07 bits per heavy atom. The first-order valence-electron chi connectivity index (χ1n) is 4.78. The summed E-state index contributed by atoms with van der Waals surface area (Å²) >= 11 is 0. The summed E-state index contributed by atoms with van der Waals surface area (Å²) in [7, 11) is 1.65. The molecule has 0 amide bonds. The Bertz CT molecular complexity index is 294. The molecule has 3 N–H and O–H groups in total. The second kappa shape index (κ2) is 6.34. The number of hydrogen-bond donors (Lipinski definition) is 2. The van der Waals surface area contributed by atoms with Crippen molar-refractivity contribution in [3.8, 4) is 0 Å². The minimum Gasteiger partial charge on any atom is -0.382 e. The van der Waals surface area contributed by atoms with E-state index in [2.05, 4.69) is 10.4 Å². The monoisotopic (exact) mass is 211 g/mol. The molecular formula is C10H17N3O2. The molecule has 0 saturated carbocycles. The molecule has 15 heavy (non-hydrogen) atoms. The molecule has 1 unspecified atom stereocenters. The van der Waals surface area contributed by atoms with Gasteiger partial charge >= 0.3 is 0 Å². The molecule has 0 saturated heterocycles. The summed E-state index contributed by atoms with van der Waals surface area (Å²) in [6, 6.07) is 3.64. The van der Waals surface area contributed by atoms with Gasteiger partial charge in [-0.25, -0.2) is 0 Å². The molecule has 1 rings (SSSR count). The number of nitrogen functional groups attached to an aromatic ring is 1. The lowest BCUT2D eigenvalue weighted by atomic mass is 10.3. The number of hydrogen-bond acceptors (Lipinski definition) is 5. The number of anilines is 1. The third-order valence-electron chi connectivity index (χ3n) is 1.90. The highest BCUT2D eigenvalue weighted by Gasteiger charge is 2.02. The highest BCUT2D eigenvalue weighted by atomic mass is 16.5. The second-order valence-corrected chi connectivity index (χ2v) is 3.26. The highest BCUT2D eigenvalue weighted by Crippen LogP contribution is 2.07. The molecule has 0 aliphatic carbocycles. The van der Waals surface area contributed by atoms with Crippen molar-refractivity contribution in [2.45, 2.75) is 19.6 Å². The third kappa shape index (κ3) is 4.24. The Kier molecular flexibility index (Phi) is 5.03. The first kappa shape index (κ1) is 11.9. The van der Waals surface area contributed by atoms with Crippen molar-refractivity contribution in [1.29, 1.82) is 0 Å². The molecule has 1 atom stereocenters. The summed E-state index contributed by atoms with van der Waals surface area (Å²) in [5.41, 5.74) is 4.22. The van der Waals surface area contributed by atoms with Crippen molar-refractivity contribution in [3.05, 3.63) is 24.0 Å². The van der Waals surface area contributed by atoms with E-state index in [4.69, 9.17) is 15.3 Å². The third-order valence-corrected chi connectivity index (χ3v) is 1.90. The van der Waals surface area contributed by atoms with E-state index in [1.165, 1.54) is 0 Å². The van der Waals surface area contributed by atoms with Gasteiger partial charge in [-0.05, 0) is 19.1 Å². The molecule has 0 bridgehead atoms. The van der Waals surface area contributed by atoms with Crippen LogP contribution in [0.25, 0.3) is 0 Å². The molecular weight excluding hydrogens is 194 g/mol. The number of nitrogens with zero attached hydrogens (tertiary/aromatic N) is 1. The van der Waals surface area contributed by atoms with Gasteiger partial charge < -0.3 is 14.9 Å². The topological polar surface area (TPSA) is 69.4 Å². The van der Waals surface area contributed by atoms with E-state index >= 15 is 0 Å². The van der Waals surface area contributed by atoms with Gasteiger partial charge in [-0.1, -0.05) is 0 Å². The van der Waals surface area contributed by atoms with Gasteiger partial charge in [0.05, 0.1) is 30.7 Å². The normalized spacial score (nSPS) is 12.5. The Morgan fingerprint density at radius 1 is 1.60 bits per heavy atom. The summed E-state index contributed by atoms with van der Waals surface area (Å²) < 4.78 is 10.5. The fourth-order valence-corrected chi connectivity index (χ4v) is 1.16. The summed E-state index contributed by atoms with van der Waals surface area (Å²) in [5, 5.41) is 0. The summed E-state index contributed by atoms with van der Waals surface area (Å²) in [6.07, 6.45) is 1.75. The van der Waals surface area contributed by atoms with Gasteiger partial charge in [0.2, 0.25) is 0 Å². The maximum absolute atomic E-state index is 5.51. The Hall–Kier alpha value is -1.17. The molecule has 0 radical (unpaired) electrons. The first-order chi connectivity index (χ1) is 7.26. The fraction of sp³-hybridized carbons (Fsp3) is 0.500. The van der Waals surface area contributed by atoms with Crippen molar-refractivity contribution in [2.75, 3.05) is 19.1 Å². The number of nitrogens with two attached hydrogens (primary N) is 1. The zero-order valence-corrected chi connectivity index (χ0v) is 9.06. The predicted octanol–water partition coefficient (Wildman–Crippen LogP) is 0.919. The van der Waals surface area contributed by atoms with Crippen LogP contribution in [-0.4, -0.2) is 24.8 Å². The maximum atomic E-state index is 5.51. The molecule has 1 aromatic heterocycles. The van der Waals surface area contributed by atoms with Gasteiger partial charge in [0.1, 0.15) is 0 Å². The maximum Gasteiger partial charge on any atom is 0.0893 e. The van der Waals surface area contributed by atoms with Crippen molar-refractivity contribution in [3.63, 3.8) is 0 Å². The van der Waals surface area contributed by atoms with Crippen LogP contribution in [0.15, 0.2) is 18.3 Å². The smallest absolute Gasteiger partial charge is 0.0893 e. The van der Waals surface area contributed by atoms with Crippen LogP contribution in [0.4, 0.5) is 5.69 Å². The highest BCUT2D eigenvalue weighted by molar-refractivity contribution is 5.41. The van der Waals surface area contributed by atoms with Crippen molar-refractivity contribution in [1.82, 2.24) is 4.98 Å². The van der Waals surface area contributed by atoms with Gasteiger partial charge in [0, 0.05) is 13.3 Å². The summed E-state index contributed by atoms with van der Waals surface area (Å²) in [5.74, 6) is 5.28. The molecule has 0 aromatic carbocycles. The molecule has 5 heteroatoms. The molecule has 0 spiro atoms. The van der Waals surface area contributed by atoms with Crippen LogP contribution in [0, 0.1) is 0 Å². The van der Waals surface area contributed by atoms with Crippen LogP contribution in [0.5, 0.6) is 0 Å². The zero-order valence-electron chi connectivity index (χ0n) is 9.06.